The molecule has 4 nitrogen and oxygen atoms in total. The van der Waals surface area contributed by atoms with Crippen molar-refractivity contribution in [3.05, 3.63) is 101 Å². The molecule has 0 aliphatic heterocycles. The standard InChI is InChI=1S/C25H24F3N3O/c1-4-17(2)11-12-29-18(3)20-9-5-7-19(13-20)8-6-10-24(31-30-16-32)21-14-22(26)25(28)23(27)15-21/h5-7,9-16H,3-4,8H2,1-2H3,(H,30,32)/b10-6-,17-11-,29-12?,31-24+. The highest BCUT2D eigenvalue weighted by atomic mass is 19.2. The average Bonchev–Trinajstić information content (AvgIpc) is 2.79. The van der Waals surface area contributed by atoms with Crippen LogP contribution in [-0.2, 0) is 11.2 Å². The van der Waals surface area contributed by atoms with E-state index in [4.69, 9.17) is 0 Å². The van der Waals surface area contributed by atoms with Gasteiger partial charge in [-0.3, -0.25) is 9.79 Å². The minimum atomic E-state index is -1.57. The van der Waals surface area contributed by atoms with Crippen LogP contribution in [0.1, 0.15) is 37.0 Å². The fourth-order valence-electron chi connectivity index (χ4n) is 2.63. The van der Waals surface area contributed by atoms with E-state index in [1.807, 2.05) is 37.3 Å². The Balaban J connectivity index is 2.18. The highest BCUT2D eigenvalue weighted by Crippen LogP contribution is 2.17. The molecule has 0 saturated heterocycles. The van der Waals surface area contributed by atoms with Gasteiger partial charge in [0.05, 0.1) is 11.4 Å². The minimum Gasteiger partial charge on any atom is -0.277 e. The predicted molar refractivity (Wildman–Crippen MR) is 123 cm³/mol. The Bertz CT molecular complexity index is 1080. The second kappa shape index (κ2) is 12.2. The molecule has 166 valence electrons. The van der Waals surface area contributed by atoms with Gasteiger partial charge in [0.25, 0.3) is 0 Å². The van der Waals surface area contributed by atoms with Gasteiger partial charge in [-0.15, -0.1) is 0 Å². The molecule has 0 spiro atoms. The molecule has 0 radical (unpaired) electrons. The van der Waals surface area contributed by atoms with E-state index < -0.39 is 17.5 Å². The van der Waals surface area contributed by atoms with Crippen molar-refractivity contribution in [2.24, 2.45) is 10.1 Å². The van der Waals surface area contributed by atoms with Crippen LogP contribution >= 0.6 is 0 Å². The molecule has 0 heterocycles. The molecule has 2 aromatic rings. The van der Waals surface area contributed by atoms with E-state index in [2.05, 4.69) is 29.0 Å². The number of nitrogens with one attached hydrogen (secondary N) is 1. The van der Waals surface area contributed by atoms with Crippen LogP contribution in [0.2, 0.25) is 0 Å². The quantitative estimate of drug-likeness (QED) is 0.218. The van der Waals surface area contributed by atoms with Crippen molar-refractivity contribution in [3.8, 4) is 0 Å². The first kappa shape index (κ1) is 24.5. The first-order valence-corrected chi connectivity index (χ1v) is 9.92. The van der Waals surface area contributed by atoms with Gasteiger partial charge in [-0.1, -0.05) is 43.4 Å². The Morgan fingerprint density at radius 3 is 2.50 bits per heavy atom. The van der Waals surface area contributed by atoms with Gasteiger partial charge >= 0.3 is 0 Å². The molecule has 2 aromatic carbocycles. The van der Waals surface area contributed by atoms with Crippen molar-refractivity contribution >= 4 is 24.0 Å². The van der Waals surface area contributed by atoms with Crippen LogP contribution in [0, 0.1) is 17.5 Å². The molecule has 0 bridgehead atoms. The molecule has 32 heavy (non-hydrogen) atoms. The van der Waals surface area contributed by atoms with E-state index in [-0.39, 0.29) is 11.3 Å². The number of nitrogens with zero attached hydrogens (tertiary/aromatic N) is 2. The van der Waals surface area contributed by atoms with E-state index in [9.17, 15) is 18.0 Å². The summed E-state index contributed by atoms with van der Waals surface area (Å²) in [4.78, 5) is 14.9. The van der Waals surface area contributed by atoms with Crippen molar-refractivity contribution in [1.29, 1.82) is 0 Å². The van der Waals surface area contributed by atoms with Gasteiger partial charge in [0, 0.05) is 11.8 Å². The molecule has 0 fully saturated rings. The number of benzene rings is 2. The molecular formula is C25H24F3N3O. The molecule has 0 unspecified atom stereocenters. The minimum absolute atomic E-state index is 0.0149. The number of hydrogen-bond acceptors (Lipinski definition) is 3. The van der Waals surface area contributed by atoms with Crippen LogP contribution in [0.4, 0.5) is 13.2 Å². The van der Waals surface area contributed by atoms with Crippen LogP contribution in [0.5, 0.6) is 0 Å². The number of carbonyl (C=O) groups is 1. The Morgan fingerprint density at radius 1 is 1.12 bits per heavy atom. The maximum absolute atomic E-state index is 13.6. The van der Waals surface area contributed by atoms with Gasteiger partial charge < -0.3 is 0 Å². The summed E-state index contributed by atoms with van der Waals surface area (Å²) in [5.74, 6) is -4.26. The summed E-state index contributed by atoms with van der Waals surface area (Å²) in [5.41, 5.74) is 5.77. The lowest BCUT2D eigenvalue weighted by Gasteiger charge is -2.05. The fraction of sp³-hybridized carbons (Fsp3) is 0.160. The topological polar surface area (TPSA) is 53.8 Å². The van der Waals surface area contributed by atoms with Crippen LogP contribution < -0.4 is 5.43 Å². The maximum atomic E-state index is 13.6. The second-order valence-electron chi connectivity index (χ2n) is 6.90. The number of halogens is 3. The summed E-state index contributed by atoms with van der Waals surface area (Å²) in [6.07, 6.45) is 8.59. The summed E-state index contributed by atoms with van der Waals surface area (Å²) in [6.45, 7) is 8.08. The van der Waals surface area contributed by atoms with Gasteiger partial charge in [0.15, 0.2) is 17.5 Å². The average molecular weight is 439 g/mol. The van der Waals surface area contributed by atoms with Crippen molar-refractivity contribution in [2.75, 3.05) is 0 Å². The van der Waals surface area contributed by atoms with E-state index in [0.717, 1.165) is 29.7 Å². The Hall–Kier alpha value is -3.74. The van der Waals surface area contributed by atoms with Crippen LogP contribution in [-0.4, -0.2) is 18.3 Å². The third-order valence-electron chi connectivity index (χ3n) is 4.55. The van der Waals surface area contributed by atoms with Gasteiger partial charge in [0.1, 0.15) is 0 Å². The third kappa shape index (κ3) is 7.19. The van der Waals surface area contributed by atoms with E-state index in [0.29, 0.717) is 18.5 Å². The highest BCUT2D eigenvalue weighted by Gasteiger charge is 2.13. The number of hydrogen-bond donors (Lipinski definition) is 1. The van der Waals surface area contributed by atoms with Gasteiger partial charge in [-0.25, -0.2) is 18.6 Å². The van der Waals surface area contributed by atoms with Crippen molar-refractivity contribution in [1.82, 2.24) is 5.43 Å². The molecule has 0 aliphatic carbocycles. The van der Waals surface area contributed by atoms with E-state index in [1.165, 1.54) is 11.6 Å². The van der Waals surface area contributed by atoms with Crippen LogP contribution in [0.15, 0.2) is 76.9 Å². The molecule has 0 aliphatic rings. The maximum Gasteiger partial charge on any atom is 0.227 e. The number of rotatable bonds is 10. The zero-order valence-corrected chi connectivity index (χ0v) is 17.9. The number of aliphatic imine (C=N–C) groups is 1. The fourth-order valence-corrected chi connectivity index (χ4v) is 2.63. The first-order chi connectivity index (χ1) is 15.3. The van der Waals surface area contributed by atoms with Gasteiger partial charge in [0.2, 0.25) is 6.41 Å². The number of hydrazone groups is 1. The molecule has 0 aromatic heterocycles. The van der Waals surface area contributed by atoms with Crippen molar-refractivity contribution < 1.29 is 18.0 Å². The zero-order chi connectivity index (χ0) is 23.5. The lowest BCUT2D eigenvalue weighted by molar-refractivity contribution is -0.109. The van der Waals surface area contributed by atoms with E-state index >= 15 is 0 Å². The zero-order valence-electron chi connectivity index (χ0n) is 17.9. The van der Waals surface area contributed by atoms with Crippen LogP contribution in [0.3, 0.4) is 0 Å². The second-order valence-corrected chi connectivity index (χ2v) is 6.90. The lowest BCUT2D eigenvalue weighted by Crippen LogP contribution is -2.09. The molecule has 0 atom stereocenters. The molecule has 7 heteroatoms. The largest absolute Gasteiger partial charge is 0.277 e. The Morgan fingerprint density at radius 2 is 1.84 bits per heavy atom. The predicted octanol–water partition coefficient (Wildman–Crippen LogP) is 5.75. The number of amides is 1. The van der Waals surface area contributed by atoms with Crippen LogP contribution in [0.25, 0.3) is 5.70 Å². The smallest absolute Gasteiger partial charge is 0.227 e. The summed E-state index contributed by atoms with van der Waals surface area (Å²) < 4.78 is 40.4. The van der Waals surface area contributed by atoms with Gasteiger partial charge in [-0.05, 0) is 61.2 Å². The van der Waals surface area contributed by atoms with E-state index in [1.54, 1.807) is 12.3 Å². The third-order valence-corrected chi connectivity index (χ3v) is 4.55. The molecular weight excluding hydrogens is 415 g/mol. The first-order valence-electron chi connectivity index (χ1n) is 9.92. The monoisotopic (exact) mass is 439 g/mol. The van der Waals surface area contributed by atoms with Crippen molar-refractivity contribution in [3.63, 3.8) is 0 Å². The molecule has 1 N–H and O–H groups in total. The summed E-state index contributed by atoms with van der Waals surface area (Å²) in [5, 5.41) is 3.77. The highest BCUT2D eigenvalue weighted by molar-refractivity contribution is 6.08. The normalized spacial score (nSPS) is 12.5. The summed E-state index contributed by atoms with van der Waals surface area (Å²) in [6, 6.07) is 9.23. The Kier molecular flexibility index (Phi) is 9.35. The summed E-state index contributed by atoms with van der Waals surface area (Å²) in [7, 11) is 0. The number of carbonyl (C=O) groups excluding carboxylic acids is 1. The molecule has 0 saturated carbocycles. The lowest BCUT2D eigenvalue weighted by atomic mass is 10.0. The number of allylic oxidation sites excluding steroid dienone is 4. The molecule has 1 amide bonds. The SMILES string of the molecule is C=C(N=C/C=C(/C)CC)c1cccc(C/C=C\C(=N/NC=O)c2cc(F)c(F)c(F)c2)c1. The summed E-state index contributed by atoms with van der Waals surface area (Å²) >= 11 is 0. The Labute approximate surface area is 185 Å². The van der Waals surface area contributed by atoms with Crippen molar-refractivity contribution in [2.45, 2.75) is 26.7 Å². The van der Waals surface area contributed by atoms with Gasteiger partial charge in [-0.2, -0.15) is 5.10 Å². The molecule has 2 rings (SSSR count).